The highest BCUT2D eigenvalue weighted by atomic mass is 31.1. The maximum absolute atomic E-state index is 9.75. The third kappa shape index (κ3) is 6.04. The van der Waals surface area contributed by atoms with Crippen LogP contribution in [0.3, 0.4) is 0 Å². The summed E-state index contributed by atoms with van der Waals surface area (Å²) in [7, 11) is -6.78. The monoisotopic (exact) mass is 352 g/mol. The van der Waals surface area contributed by atoms with Crippen LogP contribution in [0.4, 0.5) is 17.3 Å². The highest BCUT2D eigenvalue weighted by Gasteiger charge is 2.20. The quantitative estimate of drug-likeness (QED) is 0.413. The molecule has 0 aliphatic carbocycles. The van der Waals surface area contributed by atoms with Crippen molar-refractivity contribution in [1.29, 1.82) is 0 Å². The molecule has 0 saturated carbocycles. The SMILES string of the molecule is F[B-](F)(F)F.c1ccc(P(c2ccccn2)c2ccccn2)nc1. The molecule has 0 radical (unpaired) electrons. The first-order chi connectivity index (χ1) is 11.4. The van der Waals surface area contributed by atoms with Gasteiger partial charge in [0.1, 0.15) is 0 Å². The molecule has 0 atom stereocenters. The minimum absolute atomic E-state index is 0.779. The Morgan fingerprint density at radius 1 is 0.583 bits per heavy atom. The van der Waals surface area contributed by atoms with Crippen LogP contribution in [0.5, 0.6) is 0 Å². The number of aromatic nitrogens is 3. The van der Waals surface area contributed by atoms with E-state index in [0.717, 1.165) is 16.3 Å². The van der Waals surface area contributed by atoms with E-state index in [-0.39, 0.29) is 0 Å². The Hall–Kier alpha value is -2.34. The van der Waals surface area contributed by atoms with E-state index in [9.17, 15) is 17.3 Å². The summed E-state index contributed by atoms with van der Waals surface area (Å²) in [4.78, 5) is 13.4. The van der Waals surface area contributed by atoms with Gasteiger partial charge in [-0.05, 0) is 36.4 Å². The van der Waals surface area contributed by atoms with E-state index in [4.69, 9.17) is 0 Å². The molecule has 0 saturated heterocycles. The minimum Gasteiger partial charge on any atom is -0.418 e. The zero-order valence-electron chi connectivity index (χ0n) is 12.3. The maximum atomic E-state index is 9.75. The second-order valence-corrected chi connectivity index (χ2v) is 6.44. The van der Waals surface area contributed by atoms with Gasteiger partial charge in [-0.1, -0.05) is 18.2 Å². The van der Waals surface area contributed by atoms with Crippen molar-refractivity contribution < 1.29 is 17.3 Å². The summed E-state index contributed by atoms with van der Waals surface area (Å²) in [5.74, 6) is 0. The lowest BCUT2D eigenvalue weighted by Crippen LogP contribution is -2.25. The molecule has 24 heavy (non-hydrogen) atoms. The highest BCUT2D eigenvalue weighted by molar-refractivity contribution is 7.79. The van der Waals surface area contributed by atoms with E-state index in [2.05, 4.69) is 15.0 Å². The largest absolute Gasteiger partial charge is 0.673 e. The van der Waals surface area contributed by atoms with Crippen LogP contribution >= 0.6 is 7.92 Å². The van der Waals surface area contributed by atoms with Crippen molar-refractivity contribution in [1.82, 2.24) is 15.0 Å². The summed E-state index contributed by atoms with van der Waals surface area (Å²) >= 11 is 0. The average Bonchev–Trinajstić information content (AvgIpc) is 2.57. The molecule has 0 aliphatic rings. The summed E-state index contributed by atoms with van der Waals surface area (Å²) in [6.07, 6.45) is 5.45. The van der Waals surface area contributed by atoms with Crippen LogP contribution in [0, 0.1) is 0 Å². The van der Waals surface area contributed by atoms with Gasteiger partial charge in [0, 0.05) is 26.5 Å². The Morgan fingerprint density at radius 2 is 0.875 bits per heavy atom. The van der Waals surface area contributed by atoms with E-state index >= 15 is 0 Å². The molecule has 3 nitrogen and oxygen atoms in total. The van der Waals surface area contributed by atoms with Crippen LogP contribution in [0.1, 0.15) is 0 Å². The smallest absolute Gasteiger partial charge is 0.418 e. The lowest BCUT2D eigenvalue weighted by atomic mass is 10.3. The first-order valence-electron chi connectivity index (χ1n) is 6.86. The molecule has 124 valence electrons. The van der Waals surface area contributed by atoms with E-state index in [1.54, 1.807) is 0 Å². The van der Waals surface area contributed by atoms with Gasteiger partial charge in [0.2, 0.25) is 0 Å². The summed E-state index contributed by atoms with van der Waals surface area (Å²) in [5, 5.41) is 0. The molecule has 0 unspecified atom stereocenters. The Labute approximate surface area is 137 Å². The summed E-state index contributed by atoms with van der Waals surface area (Å²) in [6.45, 7) is 0. The third-order valence-corrected chi connectivity index (χ3v) is 4.80. The molecule has 3 rings (SSSR count). The molecule has 0 fully saturated rings. The average molecular weight is 352 g/mol. The zero-order chi connectivity index (χ0) is 17.4. The Balaban J connectivity index is 0.000000368. The molecular weight excluding hydrogens is 340 g/mol. The third-order valence-electron chi connectivity index (χ3n) is 2.64. The van der Waals surface area contributed by atoms with Gasteiger partial charge < -0.3 is 17.3 Å². The van der Waals surface area contributed by atoms with Gasteiger partial charge in [-0.3, -0.25) is 15.0 Å². The lowest BCUT2D eigenvalue weighted by Gasteiger charge is -2.15. The first-order valence-corrected chi connectivity index (χ1v) is 8.20. The summed E-state index contributed by atoms with van der Waals surface area (Å²) in [6, 6.07) is 17.9. The molecule has 0 aromatic carbocycles. The van der Waals surface area contributed by atoms with E-state index in [0.29, 0.717) is 0 Å². The van der Waals surface area contributed by atoms with Gasteiger partial charge in [0.05, 0.1) is 16.3 Å². The molecule has 0 aliphatic heterocycles. The van der Waals surface area contributed by atoms with Crippen LogP contribution in [0.15, 0.2) is 73.2 Å². The van der Waals surface area contributed by atoms with Crippen molar-refractivity contribution >= 4 is 31.5 Å². The first kappa shape index (κ1) is 18.0. The molecule has 3 heterocycles. The van der Waals surface area contributed by atoms with E-state index in [1.807, 2.05) is 73.2 Å². The molecule has 3 aromatic heterocycles. The van der Waals surface area contributed by atoms with Crippen molar-refractivity contribution in [2.24, 2.45) is 0 Å². The van der Waals surface area contributed by atoms with Gasteiger partial charge in [0.25, 0.3) is 0 Å². The summed E-state index contributed by atoms with van der Waals surface area (Å²) in [5.41, 5.74) is 3.07. The van der Waals surface area contributed by atoms with Crippen molar-refractivity contribution in [3.8, 4) is 0 Å². The van der Waals surface area contributed by atoms with Crippen molar-refractivity contribution in [3.63, 3.8) is 0 Å². The number of rotatable bonds is 3. The molecule has 0 amide bonds. The van der Waals surface area contributed by atoms with Crippen LogP contribution in [0.25, 0.3) is 0 Å². The predicted octanol–water partition coefficient (Wildman–Crippen LogP) is 2.93. The molecule has 0 bridgehead atoms. The number of pyridine rings is 3. The minimum atomic E-state index is -6.00. The number of halogens is 4. The Kier molecular flexibility index (Phi) is 6.38. The Morgan fingerprint density at radius 3 is 1.08 bits per heavy atom. The summed E-state index contributed by atoms with van der Waals surface area (Å²) < 4.78 is 39.0. The number of hydrogen-bond acceptors (Lipinski definition) is 3. The van der Waals surface area contributed by atoms with Crippen LogP contribution < -0.4 is 16.3 Å². The van der Waals surface area contributed by atoms with Crippen molar-refractivity contribution in [2.45, 2.75) is 0 Å². The second kappa shape index (κ2) is 8.50. The molecule has 0 N–H and O–H groups in total. The fraction of sp³-hybridized carbons (Fsp3) is 0. The predicted molar refractivity (Wildman–Crippen MR) is 88.7 cm³/mol. The van der Waals surface area contributed by atoms with Gasteiger partial charge in [-0.2, -0.15) is 0 Å². The topological polar surface area (TPSA) is 38.7 Å². The molecule has 9 heteroatoms. The van der Waals surface area contributed by atoms with Crippen LogP contribution in [0.2, 0.25) is 0 Å². The standard InChI is InChI=1S/C15H12N3P.BF4/c1-4-10-16-13(7-1)19(14-8-2-5-11-17-14)15-9-3-6-12-18-15;2-1(3,4)5/h1-12H;/q;-1. The number of nitrogens with zero attached hydrogens (tertiary/aromatic N) is 3. The molecule has 3 aromatic rings. The molecular formula is C15H12BF4N3P-. The maximum Gasteiger partial charge on any atom is 0.673 e. The van der Waals surface area contributed by atoms with E-state index in [1.165, 1.54) is 0 Å². The fourth-order valence-electron chi connectivity index (χ4n) is 1.81. The van der Waals surface area contributed by atoms with Crippen LogP contribution in [-0.2, 0) is 0 Å². The van der Waals surface area contributed by atoms with Crippen molar-refractivity contribution in [2.75, 3.05) is 0 Å². The second-order valence-electron chi connectivity index (χ2n) is 4.39. The Bertz CT molecular complexity index is 630. The van der Waals surface area contributed by atoms with Gasteiger partial charge in [-0.15, -0.1) is 0 Å². The zero-order valence-corrected chi connectivity index (χ0v) is 13.2. The van der Waals surface area contributed by atoms with Crippen molar-refractivity contribution in [3.05, 3.63) is 73.2 Å². The van der Waals surface area contributed by atoms with E-state index < -0.39 is 15.2 Å². The fourth-order valence-corrected chi connectivity index (χ4v) is 3.77. The van der Waals surface area contributed by atoms with Gasteiger partial charge >= 0.3 is 7.25 Å². The normalized spacial score (nSPS) is 10.9. The highest BCUT2D eigenvalue weighted by Crippen LogP contribution is 2.29. The van der Waals surface area contributed by atoms with Gasteiger partial charge in [0.15, 0.2) is 0 Å². The lowest BCUT2D eigenvalue weighted by molar-refractivity contribution is 0.368. The van der Waals surface area contributed by atoms with Gasteiger partial charge in [-0.25, -0.2) is 0 Å². The van der Waals surface area contributed by atoms with Crippen LogP contribution in [-0.4, -0.2) is 22.2 Å². The molecule has 0 spiro atoms. The number of hydrogen-bond donors (Lipinski definition) is 0.